The summed E-state index contributed by atoms with van der Waals surface area (Å²) < 4.78 is 13.6. The second kappa shape index (κ2) is 5.52. The molecular weight excluding hydrogens is 223 g/mol. The van der Waals surface area contributed by atoms with Gasteiger partial charge < -0.3 is 16.2 Å². The Balaban J connectivity index is 2.99. The van der Waals surface area contributed by atoms with Crippen molar-refractivity contribution in [1.82, 2.24) is 0 Å². The largest absolute Gasteiger partial charge is 0.478 e. The van der Waals surface area contributed by atoms with Crippen LogP contribution in [0.4, 0.5) is 15.8 Å². The first kappa shape index (κ1) is 13.3. The smallest absolute Gasteiger partial charge is 0.337 e. The van der Waals surface area contributed by atoms with Gasteiger partial charge >= 0.3 is 5.97 Å². The molecule has 1 atom stereocenters. The summed E-state index contributed by atoms with van der Waals surface area (Å²) in [6.45, 7) is 3.94. The quantitative estimate of drug-likeness (QED) is 0.692. The minimum atomic E-state index is -1.16. The molecule has 0 fully saturated rings. The number of aromatic carboxylic acids is 1. The van der Waals surface area contributed by atoms with Crippen LogP contribution in [-0.4, -0.2) is 17.1 Å². The molecule has 94 valence electrons. The van der Waals surface area contributed by atoms with Crippen LogP contribution in [0.25, 0.3) is 0 Å². The van der Waals surface area contributed by atoms with Gasteiger partial charge in [-0.1, -0.05) is 13.3 Å². The number of carboxylic acids is 1. The number of nitrogen functional groups attached to an aromatic ring is 1. The molecule has 5 heteroatoms. The average molecular weight is 240 g/mol. The highest BCUT2D eigenvalue weighted by Crippen LogP contribution is 2.23. The summed E-state index contributed by atoms with van der Waals surface area (Å²) in [4.78, 5) is 10.9. The second-order valence-electron chi connectivity index (χ2n) is 4.06. The number of hydrogen-bond acceptors (Lipinski definition) is 3. The highest BCUT2D eigenvalue weighted by atomic mass is 19.1. The first-order valence-corrected chi connectivity index (χ1v) is 5.54. The van der Waals surface area contributed by atoms with E-state index in [4.69, 9.17) is 10.8 Å². The molecule has 0 aliphatic carbocycles. The zero-order valence-corrected chi connectivity index (χ0v) is 9.96. The van der Waals surface area contributed by atoms with Crippen LogP contribution < -0.4 is 11.1 Å². The third kappa shape index (κ3) is 3.34. The minimum absolute atomic E-state index is 0.0660. The lowest BCUT2D eigenvalue weighted by Crippen LogP contribution is -2.16. The molecule has 0 aliphatic rings. The monoisotopic (exact) mass is 240 g/mol. The van der Waals surface area contributed by atoms with E-state index >= 15 is 0 Å². The van der Waals surface area contributed by atoms with Crippen molar-refractivity contribution >= 4 is 17.3 Å². The lowest BCUT2D eigenvalue weighted by molar-refractivity contribution is 0.0698. The SMILES string of the molecule is CCCC(C)Nc1cc(C(=O)O)c(N)cc1F. The highest BCUT2D eigenvalue weighted by molar-refractivity contribution is 5.94. The van der Waals surface area contributed by atoms with Gasteiger partial charge in [-0.05, 0) is 25.5 Å². The second-order valence-corrected chi connectivity index (χ2v) is 4.06. The van der Waals surface area contributed by atoms with Crippen molar-refractivity contribution in [2.45, 2.75) is 32.7 Å². The molecule has 0 saturated heterocycles. The van der Waals surface area contributed by atoms with Crippen molar-refractivity contribution in [2.75, 3.05) is 11.1 Å². The summed E-state index contributed by atoms with van der Waals surface area (Å²) in [6, 6.07) is 2.35. The van der Waals surface area contributed by atoms with Gasteiger partial charge in [0.1, 0.15) is 5.82 Å². The first-order chi connectivity index (χ1) is 7.95. The summed E-state index contributed by atoms with van der Waals surface area (Å²) in [5, 5.41) is 11.8. The number of benzene rings is 1. The van der Waals surface area contributed by atoms with Crippen LogP contribution in [0.2, 0.25) is 0 Å². The molecule has 0 heterocycles. The number of nitrogens with one attached hydrogen (secondary N) is 1. The number of halogens is 1. The summed E-state index contributed by atoms with van der Waals surface area (Å²) in [5.74, 6) is -1.69. The maximum atomic E-state index is 13.6. The summed E-state index contributed by atoms with van der Waals surface area (Å²) in [5.41, 5.74) is 5.46. The summed E-state index contributed by atoms with van der Waals surface area (Å²) >= 11 is 0. The van der Waals surface area contributed by atoms with Crippen molar-refractivity contribution in [2.24, 2.45) is 0 Å². The number of carboxylic acid groups (broad SMARTS) is 1. The Morgan fingerprint density at radius 3 is 2.76 bits per heavy atom. The van der Waals surface area contributed by atoms with E-state index in [-0.39, 0.29) is 23.0 Å². The molecule has 1 rings (SSSR count). The number of nitrogens with two attached hydrogens (primary N) is 1. The fourth-order valence-electron chi connectivity index (χ4n) is 1.66. The molecule has 1 aromatic rings. The Bertz CT molecular complexity index is 421. The fraction of sp³-hybridized carbons (Fsp3) is 0.417. The maximum absolute atomic E-state index is 13.6. The van der Waals surface area contributed by atoms with Crippen LogP contribution in [0.1, 0.15) is 37.0 Å². The van der Waals surface area contributed by atoms with Gasteiger partial charge in [-0.3, -0.25) is 0 Å². The van der Waals surface area contributed by atoms with E-state index in [9.17, 15) is 9.18 Å². The molecule has 0 aromatic heterocycles. The van der Waals surface area contributed by atoms with Crippen LogP contribution in [-0.2, 0) is 0 Å². The molecule has 4 nitrogen and oxygen atoms in total. The fourth-order valence-corrected chi connectivity index (χ4v) is 1.66. The number of hydrogen-bond donors (Lipinski definition) is 3. The van der Waals surface area contributed by atoms with Gasteiger partial charge in [0.25, 0.3) is 0 Å². The molecule has 0 spiro atoms. The van der Waals surface area contributed by atoms with E-state index < -0.39 is 11.8 Å². The van der Waals surface area contributed by atoms with Crippen molar-refractivity contribution in [1.29, 1.82) is 0 Å². The molecule has 4 N–H and O–H groups in total. The van der Waals surface area contributed by atoms with Crippen LogP contribution in [0.3, 0.4) is 0 Å². The van der Waals surface area contributed by atoms with E-state index in [0.717, 1.165) is 18.9 Å². The molecule has 0 aliphatic heterocycles. The minimum Gasteiger partial charge on any atom is -0.478 e. The van der Waals surface area contributed by atoms with Crippen LogP contribution in [0.5, 0.6) is 0 Å². The maximum Gasteiger partial charge on any atom is 0.337 e. The third-order valence-corrected chi connectivity index (χ3v) is 2.49. The molecule has 0 bridgehead atoms. The normalized spacial score (nSPS) is 12.2. The van der Waals surface area contributed by atoms with E-state index in [0.29, 0.717) is 0 Å². The lowest BCUT2D eigenvalue weighted by Gasteiger charge is -2.16. The number of rotatable bonds is 5. The van der Waals surface area contributed by atoms with Crippen molar-refractivity contribution in [3.63, 3.8) is 0 Å². The van der Waals surface area contributed by atoms with Gasteiger partial charge in [0.05, 0.1) is 11.3 Å². The lowest BCUT2D eigenvalue weighted by atomic mass is 10.1. The summed E-state index contributed by atoms with van der Waals surface area (Å²) in [6.07, 6.45) is 1.85. The van der Waals surface area contributed by atoms with E-state index in [1.807, 2.05) is 13.8 Å². The van der Waals surface area contributed by atoms with Gasteiger partial charge in [-0.25, -0.2) is 9.18 Å². The number of carbonyl (C=O) groups is 1. The van der Waals surface area contributed by atoms with E-state index in [1.165, 1.54) is 6.07 Å². The van der Waals surface area contributed by atoms with Crippen molar-refractivity contribution in [3.8, 4) is 0 Å². The zero-order valence-electron chi connectivity index (χ0n) is 9.96. The van der Waals surface area contributed by atoms with Gasteiger partial charge in [0, 0.05) is 11.7 Å². The predicted molar refractivity (Wildman–Crippen MR) is 65.8 cm³/mol. The van der Waals surface area contributed by atoms with Crippen LogP contribution in [0, 0.1) is 5.82 Å². The van der Waals surface area contributed by atoms with Gasteiger partial charge in [-0.15, -0.1) is 0 Å². The van der Waals surface area contributed by atoms with Gasteiger partial charge in [0.2, 0.25) is 0 Å². The molecule has 0 saturated carbocycles. The highest BCUT2D eigenvalue weighted by Gasteiger charge is 2.14. The molecule has 0 amide bonds. The molecule has 1 aromatic carbocycles. The van der Waals surface area contributed by atoms with Gasteiger partial charge in [-0.2, -0.15) is 0 Å². The topological polar surface area (TPSA) is 75.3 Å². The standard InChI is InChI=1S/C12H17FN2O2/c1-3-4-7(2)15-11-5-8(12(16)17)10(14)6-9(11)13/h5-7,15H,3-4,14H2,1-2H3,(H,16,17). The molecule has 1 unspecified atom stereocenters. The molecular formula is C12H17FN2O2. The average Bonchev–Trinajstić information content (AvgIpc) is 2.21. The Labute approximate surface area is 99.6 Å². The first-order valence-electron chi connectivity index (χ1n) is 5.54. The predicted octanol–water partition coefficient (Wildman–Crippen LogP) is 2.71. The molecule has 17 heavy (non-hydrogen) atoms. The van der Waals surface area contributed by atoms with E-state index in [2.05, 4.69) is 5.32 Å². The van der Waals surface area contributed by atoms with Gasteiger partial charge in [0.15, 0.2) is 0 Å². The zero-order chi connectivity index (χ0) is 13.0. The molecule has 0 radical (unpaired) electrons. The van der Waals surface area contributed by atoms with Crippen LogP contribution >= 0.6 is 0 Å². The third-order valence-electron chi connectivity index (χ3n) is 2.49. The Kier molecular flexibility index (Phi) is 4.31. The summed E-state index contributed by atoms with van der Waals surface area (Å²) in [7, 11) is 0. The Morgan fingerprint density at radius 2 is 2.24 bits per heavy atom. The Morgan fingerprint density at radius 1 is 1.59 bits per heavy atom. The number of anilines is 2. The van der Waals surface area contributed by atoms with Crippen molar-refractivity contribution in [3.05, 3.63) is 23.5 Å². The Hall–Kier alpha value is -1.78. The van der Waals surface area contributed by atoms with E-state index in [1.54, 1.807) is 0 Å². The van der Waals surface area contributed by atoms with Crippen LogP contribution in [0.15, 0.2) is 12.1 Å². The van der Waals surface area contributed by atoms with Crippen molar-refractivity contribution < 1.29 is 14.3 Å².